The van der Waals surface area contributed by atoms with Gasteiger partial charge in [-0.3, -0.25) is 4.79 Å². The summed E-state index contributed by atoms with van der Waals surface area (Å²) < 4.78 is 0. The molecule has 0 aromatic carbocycles. The van der Waals surface area contributed by atoms with E-state index in [-0.39, 0.29) is 11.9 Å². The molecule has 3 nitrogen and oxygen atoms in total. The van der Waals surface area contributed by atoms with Crippen molar-refractivity contribution in [1.29, 1.82) is 0 Å². The average Bonchev–Trinajstić information content (AvgIpc) is 2.65. The molecule has 0 aromatic heterocycles. The lowest BCUT2D eigenvalue weighted by atomic mass is 10.0. The van der Waals surface area contributed by atoms with E-state index in [0.29, 0.717) is 11.2 Å². The summed E-state index contributed by atoms with van der Waals surface area (Å²) in [4.78, 5) is 11.6. The Morgan fingerprint density at radius 1 is 1.60 bits per heavy atom. The van der Waals surface area contributed by atoms with Gasteiger partial charge >= 0.3 is 0 Å². The molecule has 1 rings (SSSR count). The summed E-state index contributed by atoms with van der Waals surface area (Å²) >= 11 is 1.95. The molecular weight excluding hydrogens is 208 g/mol. The number of hydrogen-bond acceptors (Lipinski definition) is 3. The largest absolute Gasteiger partial charge is 0.354 e. The molecule has 88 valence electrons. The van der Waals surface area contributed by atoms with Crippen molar-refractivity contribution >= 4 is 17.7 Å². The fraction of sp³-hybridized carbons (Fsp3) is 0.909. The van der Waals surface area contributed by atoms with E-state index in [2.05, 4.69) is 19.2 Å². The minimum Gasteiger partial charge on any atom is -0.354 e. The van der Waals surface area contributed by atoms with Crippen molar-refractivity contribution in [3.05, 3.63) is 0 Å². The van der Waals surface area contributed by atoms with Gasteiger partial charge in [0.25, 0.3) is 0 Å². The van der Waals surface area contributed by atoms with Crippen LogP contribution in [0.1, 0.15) is 33.1 Å². The maximum atomic E-state index is 11.6. The fourth-order valence-corrected chi connectivity index (χ4v) is 2.97. The number of carbonyl (C=O) groups excluding carboxylic acids is 1. The summed E-state index contributed by atoms with van der Waals surface area (Å²) in [6.07, 6.45) is 3.28. The highest BCUT2D eigenvalue weighted by Gasteiger charge is 2.19. The lowest BCUT2D eigenvalue weighted by Gasteiger charge is -2.16. The first-order valence-corrected chi connectivity index (χ1v) is 6.79. The van der Waals surface area contributed by atoms with Crippen molar-refractivity contribution in [2.75, 3.05) is 12.3 Å². The maximum Gasteiger partial charge on any atom is 0.236 e. The van der Waals surface area contributed by atoms with Crippen molar-refractivity contribution in [3.63, 3.8) is 0 Å². The van der Waals surface area contributed by atoms with Gasteiger partial charge in [-0.25, -0.2) is 0 Å². The van der Waals surface area contributed by atoms with Crippen LogP contribution in [0.5, 0.6) is 0 Å². The van der Waals surface area contributed by atoms with E-state index in [1.807, 2.05) is 11.8 Å². The number of nitrogens with two attached hydrogens (primary N) is 1. The standard InChI is InChI=1S/C11H22N2OS/c1-8(2)6-10(12)11(14)13-7-9-4-3-5-15-9/h8-10H,3-7,12H2,1-2H3,(H,13,14). The van der Waals surface area contributed by atoms with Crippen molar-refractivity contribution in [1.82, 2.24) is 5.32 Å². The fourth-order valence-electron chi connectivity index (χ4n) is 1.77. The third-order valence-corrected chi connectivity index (χ3v) is 3.99. The molecule has 1 amide bonds. The second kappa shape index (κ2) is 6.38. The number of hydrogen-bond donors (Lipinski definition) is 2. The van der Waals surface area contributed by atoms with Gasteiger partial charge in [-0.05, 0) is 30.9 Å². The zero-order valence-electron chi connectivity index (χ0n) is 9.66. The lowest BCUT2D eigenvalue weighted by Crippen LogP contribution is -2.43. The Bertz CT molecular complexity index is 203. The molecule has 1 saturated heterocycles. The highest BCUT2D eigenvalue weighted by Crippen LogP contribution is 2.25. The SMILES string of the molecule is CC(C)CC(N)C(=O)NCC1CCCS1. The van der Waals surface area contributed by atoms with E-state index in [1.54, 1.807) is 0 Å². The Balaban J connectivity index is 2.16. The minimum absolute atomic E-state index is 0.0104. The topological polar surface area (TPSA) is 55.1 Å². The van der Waals surface area contributed by atoms with Gasteiger partial charge in [-0.15, -0.1) is 0 Å². The molecule has 2 unspecified atom stereocenters. The van der Waals surface area contributed by atoms with Gasteiger partial charge in [0, 0.05) is 11.8 Å². The molecule has 1 fully saturated rings. The molecule has 1 aliphatic heterocycles. The van der Waals surface area contributed by atoms with E-state index in [9.17, 15) is 4.79 Å². The van der Waals surface area contributed by atoms with E-state index >= 15 is 0 Å². The van der Waals surface area contributed by atoms with Crippen LogP contribution in [0.15, 0.2) is 0 Å². The third kappa shape index (κ3) is 4.89. The van der Waals surface area contributed by atoms with Gasteiger partial charge in [0.05, 0.1) is 6.04 Å². The van der Waals surface area contributed by atoms with Crippen LogP contribution in [0.3, 0.4) is 0 Å². The number of rotatable bonds is 5. The first-order chi connectivity index (χ1) is 7.09. The van der Waals surface area contributed by atoms with E-state index in [1.165, 1.54) is 18.6 Å². The van der Waals surface area contributed by atoms with Crippen molar-refractivity contribution < 1.29 is 4.79 Å². The second-order valence-corrected chi connectivity index (χ2v) is 6.02. The average molecular weight is 230 g/mol. The first kappa shape index (κ1) is 12.8. The highest BCUT2D eigenvalue weighted by atomic mass is 32.2. The van der Waals surface area contributed by atoms with Crippen LogP contribution in [-0.4, -0.2) is 29.5 Å². The summed E-state index contributed by atoms with van der Waals surface area (Å²) in [5.74, 6) is 1.72. The molecule has 0 saturated carbocycles. The van der Waals surface area contributed by atoms with Gasteiger partial charge in [0.2, 0.25) is 5.91 Å². The van der Waals surface area contributed by atoms with Crippen LogP contribution in [0.4, 0.5) is 0 Å². The van der Waals surface area contributed by atoms with Gasteiger partial charge in [0.1, 0.15) is 0 Å². The number of thioether (sulfide) groups is 1. The van der Waals surface area contributed by atoms with Crippen LogP contribution in [0.2, 0.25) is 0 Å². The van der Waals surface area contributed by atoms with E-state index in [4.69, 9.17) is 5.73 Å². The second-order valence-electron chi connectivity index (χ2n) is 4.62. The predicted octanol–water partition coefficient (Wildman–Crippen LogP) is 1.37. The Hall–Kier alpha value is -0.220. The maximum absolute atomic E-state index is 11.6. The molecule has 3 N–H and O–H groups in total. The van der Waals surface area contributed by atoms with Gasteiger partial charge in [-0.1, -0.05) is 13.8 Å². The van der Waals surface area contributed by atoms with Crippen molar-refractivity contribution in [2.45, 2.75) is 44.4 Å². The Morgan fingerprint density at radius 2 is 2.33 bits per heavy atom. The zero-order valence-corrected chi connectivity index (χ0v) is 10.5. The Labute approximate surface area is 96.6 Å². The quantitative estimate of drug-likeness (QED) is 0.750. The molecule has 0 aliphatic carbocycles. The normalized spacial score (nSPS) is 23.1. The smallest absolute Gasteiger partial charge is 0.236 e. The molecule has 15 heavy (non-hydrogen) atoms. The molecule has 0 radical (unpaired) electrons. The van der Waals surface area contributed by atoms with Crippen LogP contribution in [-0.2, 0) is 4.79 Å². The van der Waals surface area contributed by atoms with Crippen LogP contribution >= 0.6 is 11.8 Å². The predicted molar refractivity (Wildman–Crippen MR) is 65.9 cm³/mol. The van der Waals surface area contributed by atoms with Crippen LogP contribution in [0, 0.1) is 5.92 Å². The molecule has 0 bridgehead atoms. The molecule has 2 atom stereocenters. The minimum atomic E-state index is -0.337. The van der Waals surface area contributed by atoms with E-state index < -0.39 is 0 Å². The molecule has 1 aliphatic rings. The van der Waals surface area contributed by atoms with Gasteiger partial charge < -0.3 is 11.1 Å². The highest BCUT2D eigenvalue weighted by molar-refractivity contribution is 8.00. The summed E-state index contributed by atoms with van der Waals surface area (Å²) in [6, 6.07) is -0.337. The van der Waals surface area contributed by atoms with Crippen molar-refractivity contribution in [3.8, 4) is 0 Å². The summed E-state index contributed by atoms with van der Waals surface area (Å²) in [6.45, 7) is 4.95. The van der Waals surface area contributed by atoms with Crippen LogP contribution < -0.4 is 11.1 Å². The summed E-state index contributed by atoms with van der Waals surface area (Å²) in [5.41, 5.74) is 5.78. The van der Waals surface area contributed by atoms with Gasteiger partial charge in [-0.2, -0.15) is 11.8 Å². The first-order valence-electron chi connectivity index (χ1n) is 5.74. The summed E-state index contributed by atoms with van der Waals surface area (Å²) in [5, 5.41) is 3.56. The number of amides is 1. The monoisotopic (exact) mass is 230 g/mol. The van der Waals surface area contributed by atoms with E-state index in [0.717, 1.165) is 13.0 Å². The Morgan fingerprint density at radius 3 is 2.87 bits per heavy atom. The summed E-state index contributed by atoms with van der Waals surface area (Å²) in [7, 11) is 0. The molecule has 4 heteroatoms. The van der Waals surface area contributed by atoms with Gasteiger partial charge in [0.15, 0.2) is 0 Å². The number of carbonyl (C=O) groups is 1. The lowest BCUT2D eigenvalue weighted by molar-refractivity contribution is -0.122. The van der Waals surface area contributed by atoms with Crippen molar-refractivity contribution in [2.24, 2.45) is 11.7 Å². The molecule has 0 spiro atoms. The molecular formula is C11H22N2OS. The molecule has 1 heterocycles. The van der Waals surface area contributed by atoms with Crippen LogP contribution in [0.25, 0.3) is 0 Å². The molecule has 0 aromatic rings. The Kier molecular flexibility index (Phi) is 5.47. The number of nitrogens with one attached hydrogen (secondary N) is 1. The third-order valence-electron chi connectivity index (χ3n) is 2.59. The zero-order chi connectivity index (χ0) is 11.3.